The number of rotatable bonds is 7. The number of nitrogens with one attached hydrogen (secondary N) is 1. The van der Waals surface area contributed by atoms with Crippen LogP contribution >= 0.6 is 23.4 Å². The Morgan fingerprint density at radius 1 is 1.28 bits per heavy atom. The predicted octanol–water partition coefficient (Wildman–Crippen LogP) is 5.55. The average molecular weight is 467 g/mol. The summed E-state index contributed by atoms with van der Waals surface area (Å²) in [6.07, 6.45) is 1.54. The topological polar surface area (TPSA) is 69.0 Å². The van der Waals surface area contributed by atoms with Gasteiger partial charge in [-0.1, -0.05) is 78.0 Å². The van der Waals surface area contributed by atoms with Crippen LogP contribution in [0.2, 0.25) is 5.02 Å². The van der Waals surface area contributed by atoms with Crippen LogP contribution in [0.3, 0.4) is 0 Å². The molecule has 0 amide bonds. The predicted molar refractivity (Wildman–Crippen MR) is 128 cm³/mol. The van der Waals surface area contributed by atoms with Crippen LogP contribution in [0.4, 0.5) is 5.95 Å². The van der Waals surface area contributed by atoms with Crippen LogP contribution < -0.4 is 5.32 Å². The Kier molecular flexibility index (Phi) is 6.67. The summed E-state index contributed by atoms with van der Waals surface area (Å²) < 4.78 is 7.10. The number of aromatic nitrogens is 3. The minimum atomic E-state index is -0.485. The molecule has 0 spiro atoms. The van der Waals surface area contributed by atoms with Crippen molar-refractivity contribution in [2.75, 3.05) is 11.9 Å². The number of benzene rings is 2. The smallest absolute Gasteiger partial charge is 0.338 e. The largest absolute Gasteiger partial charge is 0.458 e. The summed E-state index contributed by atoms with van der Waals surface area (Å²) in [6, 6.07) is 15.2. The molecule has 164 valence electrons. The third kappa shape index (κ3) is 4.74. The number of esters is 1. The summed E-state index contributed by atoms with van der Waals surface area (Å²) in [7, 11) is 0. The number of nitrogens with zero attached hydrogens (tertiary/aromatic N) is 3. The number of hydrogen-bond acceptors (Lipinski definition) is 6. The van der Waals surface area contributed by atoms with E-state index in [4.69, 9.17) is 21.4 Å². The van der Waals surface area contributed by atoms with Crippen molar-refractivity contribution in [3.05, 3.63) is 94.2 Å². The molecule has 0 radical (unpaired) electrons. The van der Waals surface area contributed by atoms with Crippen LogP contribution in [0.15, 0.2) is 77.6 Å². The monoisotopic (exact) mass is 466 g/mol. The highest BCUT2D eigenvalue weighted by Gasteiger charge is 2.35. The van der Waals surface area contributed by atoms with E-state index in [0.29, 0.717) is 27.4 Å². The second-order valence-corrected chi connectivity index (χ2v) is 8.82. The standard InChI is InChI=1S/C24H23ClN4O2S/c1-4-12-31-22(30)20-16(3)26-23-27-24(32-14-17-7-5-6-15(2)13-17)28-29(23)21(20)18-8-10-19(25)11-9-18/h4-11,13,21H,1,12,14H2,2-3H3,(H,26,27,28)/t21-/m0/s1. The Morgan fingerprint density at radius 3 is 2.78 bits per heavy atom. The number of ether oxygens (including phenoxy) is 1. The minimum Gasteiger partial charge on any atom is -0.458 e. The molecule has 1 aliphatic heterocycles. The molecule has 1 N–H and O–H groups in total. The van der Waals surface area contributed by atoms with Crippen molar-refractivity contribution < 1.29 is 9.53 Å². The van der Waals surface area contributed by atoms with Crippen molar-refractivity contribution in [1.82, 2.24) is 14.8 Å². The van der Waals surface area contributed by atoms with E-state index in [1.165, 1.54) is 11.1 Å². The summed E-state index contributed by atoms with van der Waals surface area (Å²) in [5.41, 5.74) is 4.43. The molecule has 0 unspecified atom stereocenters. The van der Waals surface area contributed by atoms with Crippen molar-refractivity contribution in [3.8, 4) is 0 Å². The van der Waals surface area contributed by atoms with Crippen molar-refractivity contribution in [2.24, 2.45) is 0 Å². The Hall–Kier alpha value is -3.03. The first-order chi connectivity index (χ1) is 15.5. The van der Waals surface area contributed by atoms with Crippen molar-refractivity contribution in [2.45, 2.75) is 30.8 Å². The van der Waals surface area contributed by atoms with Crippen LogP contribution in [-0.4, -0.2) is 27.3 Å². The number of carbonyl (C=O) groups excluding carboxylic acids is 1. The first-order valence-electron chi connectivity index (χ1n) is 10.1. The van der Waals surface area contributed by atoms with E-state index >= 15 is 0 Å². The van der Waals surface area contributed by atoms with Gasteiger partial charge < -0.3 is 10.1 Å². The van der Waals surface area contributed by atoms with Crippen molar-refractivity contribution in [1.29, 1.82) is 0 Å². The van der Waals surface area contributed by atoms with E-state index in [9.17, 15) is 4.79 Å². The summed E-state index contributed by atoms with van der Waals surface area (Å²) in [6.45, 7) is 7.66. The summed E-state index contributed by atoms with van der Waals surface area (Å²) in [5.74, 6) is 0.900. The van der Waals surface area contributed by atoms with Crippen molar-refractivity contribution >= 4 is 35.3 Å². The second kappa shape index (κ2) is 9.63. The SMILES string of the molecule is C=CCOC(=O)C1=C(C)Nc2nc(SCc3cccc(C)c3)nn2[C@H]1c1ccc(Cl)cc1. The Bertz CT molecular complexity index is 1190. The van der Waals surface area contributed by atoms with Crippen molar-refractivity contribution in [3.63, 3.8) is 0 Å². The molecule has 0 saturated carbocycles. The van der Waals surface area contributed by atoms with Gasteiger partial charge in [-0.15, -0.1) is 5.10 Å². The molecular formula is C24H23ClN4O2S. The molecule has 0 bridgehead atoms. The lowest BCUT2D eigenvalue weighted by molar-refractivity contribution is -0.138. The number of aryl methyl sites for hydroxylation is 1. The fourth-order valence-electron chi connectivity index (χ4n) is 3.57. The summed E-state index contributed by atoms with van der Waals surface area (Å²) >= 11 is 7.64. The number of anilines is 1. The van der Waals surface area contributed by atoms with Gasteiger partial charge in [-0.3, -0.25) is 0 Å². The molecule has 1 aliphatic rings. The molecule has 3 aromatic rings. The Labute approximate surface area is 196 Å². The Balaban J connectivity index is 1.68. The van der Waals surface area contributed by atoms with Gasteiger partial charge in [-0.25, -0.2) is 9.48 Å². The number of hydrogen-bond donors (Lipinski definition) is 1. The van der Waals surface area contributed by atoms with Gasteiger partial charge in [-0.05, 0) is 37.1 Å². The van der Waals surface area contributed by atoms with E-state index in [0.717, 1.165) is 11.3 Å². The first kappa shape index (κ1) is 22.2. The van der Waals surface area contributed by atoms with E-state index in [1.807, 2.05) is 25.1 Å². The van der Waals surface area contributed by atoms with Crippen LogP contribution in [0, 0.1) is 6.92 Å². The zero-order valence-electron chi connectivity index (χ0n) is 17.8. The highest BCUT2D eigenvalue weighted by molar-refractivity contribution is 7.98. The highest BCUT2D eigenvalue weighted by Crippen LogP contribution is 2.37. The number of fused-ring (bicyclic) bond motifs is 1. The summed E-state index contributed by atoms with van der Waals surface area (Å²) in [5, 5.41) is 9.18. The molecule has 8 heteroatoms. The maximum atomic E-state index is 12.9. The third-order valence-electron chi connectivity index (χ3n) is 5.02. The van der Waals surface area contributed by atoms with E-state index in [-0.39, 0.29) is 6.61 Å². The lowest BCUT2D eigenvalue weighted by atomic mass is 9.96. The lowest BCUT2D eigenvalue weighted by Crippen LogP contribution is -2.29. The van der Waals surface area contributed by atoms with Gasteiger partial charge in [0.15, 0.2) is 0 Å². The molecule has 32 heavy (non-hydrogen) atoms. The fourth-order valence-corrected chi connectivity index (χ4v) is 4.47. The molecule has 0 fully saturated rings. The number of thioether (sulfide) groups is 1. The molecule has 6 nitrogen and oxygen atoms in total. The third-order valence-corrected chi connectivity index (χ3v) is 6.18. The molecule has 0 aliphatic carbocycles. The van der Waals surface area contributed by atoms with Crippen LogP contribution in [0.25, 0.3) is 0 Å². The number of allylic oxidation sites excluding steroid dienone is 1. The van der Waals surface area contributed by atoms with Gasteiger partial charge in [0, 0.05) is 16.5 Å². The van der Waals surface area contributed by atoms with Gasteiger partial charge in [0.25, 0.3) is 0 Å². The van der Waals surface area contributed by atoms with Crippen LogP contribution in [0.1, 0.15) is 29.7 Å². The fraction of sp³-hybridized carbons (Fsp3) is 0.208. The van der Waals surface area contributed by atoms with E-state index in [1.54, 1.807) is 34.7 Å². The van der Waals surface area contributed by atoms with Crippen LogP contribution in [0.5, 0.6) is 0 Å². The van der Waals surface area contributed by atoms with E-state index in [2.05, 4.69) is 42.0 Å². The molecule has 2 aromatic carbocycles. The maximum Gasteiger partial charge on any atom is 0.338 e. The molecule has 1 aromatic heterocycles. The van der Waals surface area contributed by atoms with Gasteiger partial charge >= 0.3 is 5.97 Å². The molecule has 1 atom stereocenters. The first-order valence-corrected chi connectivity index (χ1v) is 11.5. The maximum absolute atomic E-state index is 12.9. The minimum absolute atomic E-state index is 0.130. The zero-order valence-corrected chi connectivity index (χ0v) is 19.4. The summed E-state index contributed by atoms with van der Waals surface area (Å²) in [4.78, 5) is 17.6. The van der Waals surface area contributed by atoms with Gasteiger partial charge in [-0.2, -0.15) is 4.98 Å². The molecular weight excluding hydrogens is 444 g/mol. The van der Waals surface area contributed by atoms with E-state index < -0.39 is 12.0 Å². The Morgan fingerprint density at radius 2 is 2.06 bits per heavy atom. The van der Waals surface area contributed by atoms with Crippen LogP contribution in [-0.2, 0) is 15.3 Å². The molecule has 0 saturated heterocycles. The molecule has 4 rings (SSSR count). The lowest BCUT2D eigenvalue weighted by Gasteiger charge is -2.28. The second-order valence-electron chi connectivity index (χ2n) is 7.45. The zero-order chi connectivity index (χ0) is 22.7. The number of carbonyl (C=O) groups is 1. The quantitative estimate of drug-likeness (QED) is 0.279. The highest BCUT2D eigenvalue weighted by atomic mass is 35.5. The van der Waals surface area contributed by atoms with Gasteiger partial charge in [0.2, 0.25) is 11.1 Å². The van der Waals surface area contributed by atoms with Gasteiger partial charge in [0.1, 0.15) is 12.6 Å². The average Bonchev–Trinajstić information content (AvgIpc) is 3.18. The normalized spacial score (nSPS) is 15.2. The number of halogens is 1. The molecule has 2 heterocycles. The van der Waals surface area contributed by atoms with Gasteiger partial charge in [0.05, 0.1) is 5.57 Å².